The number of carbonyl (C=O) groups excluding carboxylic acids is 1. The number of imidazole rings is 1. The van der Waals surface area contributed by atoms with Gasteiger partial charge in [-0.25, -0.2) is 4.98 Å². The maximum atomic E-state index is 12.0. The van der Waals surface area contributed by atoms with E-state index in [0.29, 0.717) is 19.7 Å². The van der Waals surface area contributed by atoms with E-state index in [0.717, 1.165) is 23.4 Å². The van der Waals surface area contributed by atoms with Gasteiger partial charge in [-0.1, -0.05) is 12.1 Å². The molecule has 0 aliphatic carbocycles. The van der Waals surface area contributed by atoms with Gasteiger partial charge < -0.3 is 19.9 Å². The van der Waals surface area contributed by atoms with Crippen molar-refractivity contribution in [3.05, 3.63) is 30.1 Å². The molecule has 1 amide bonds. The molecule has 2 aromatic rings. The van der Waals surface area contributed by atoms with E-state index in [1.807, 2.05) is 35.9 Å². The van der Waals surface area contributed by atoms with Crippen molar-refractivity contribution in [2.45, 2.75) is 12.6 Å². The highest BCUT2D eigenvalue weighted by Gasteiger charge is 2.21. The van der Waals surface area contributed by atoms with Crippen LogP contribution in [0.25, 0.3) is 11.0 Å². The van der Waals surface area contributed by atoms with Gasteiger partial charge in [-0.05, 0) is 12.1 Å². The van der Waals surface area contributed by atoms with E-state index >= 15 is 0 Å². The number of para-hydroxylation sites is 2. The third-order valence-electron chi connectivity index (χ3n) is 3.52. The summed E-state index contributed by atoms with van der Waals surface area (Å²) < 4.78 is 7.41. The first-order valence-electron chi connectivity index (χ1n) is 6.76. The van der Waals surface area contributed by atoms with Crippen LogP contribution < -0.4 is 10.6 Å². The van der Waals surface area contributed by atoms with Crippen LogP contribution in [-0.2, 0) is 23.1 Å². The third kappa shape index (κ3) is 2.52. The lowest BCUT2D eigenvalue weighted by Crippen LogP contribution is -2.47. The summed E-state index contributed by atoms with van der Waals surface area (Å²) >= 11 is 0. The Morgan fingerprint density at radius 2 is 2.40 bits per heavy atom. The molecular formula is C14H18N4O2. The van der Waals surface area contributed by atoms with Crippen LogP contribution in [-0.4, -0.2) is 41.3 Å². The molecule has 1 aliphatic heterocycles. The number of ether oxygens (including phenoxy) is 1. The fraction of sp³-hybridized carbons (Fsp3) is 0.429. The zero-order valence-electron chi connectivity index (χ0n) is 11.4. The standard InChI is InChI=1S/C14H18N4O2/c1-18-11-5-3-2-4-10(11)17-13(18)9-16-14(19)12-8-15-6-7-20-12/h2-5,12,15H,6-9H2,1H3,(H,16,19)/t12-/m0/s1. The van der Waals surface area contributed by atoms with E-state index in [-0.39, 0.29) is 5.91 Å². The summed E-state index contributed by atoms with van der Waals surface area (Å²) in [5.74, 6) is 0.743. The van der Waals surface area contributed by atoms with E-state index in [1.54, 1.807) is 0 Å². The monoisotopic (exact) mass is 274 g/mol. The van der Waals surface area contributed by atoms with E-state index in [4.69, 9.17) is 4.74 Å². The molecule has 1 aromatic heterocycles. The van der Waals surface area contributed by atoms with Crippen LogP contribution >= 0.6 is 0 Å². The minimum atomic E-state index is -0.404. The molecule has 1 atom stereocenters. The number of nitrogens with zero attached hydrogens (tertiary/aromatic N) is 2. The topological polar surface area (TPSA) is 68.2 Å². The van der Waals surface area contributed by atoms with Gasteiger partial charge in [0.1, 0.15) is 11.9 Å². The molecule has 106 valence electrons. The van der Waals surface area contributed by atoms with Gasteiger partial charge in [-0.2, -0.15) is 0 Å². The van der Waals surface area contributed by atoms with Crippen LogP contribution in [0.3, 0.4) is 0 Å². The molecule has 1 aliphatic rings. The Balaban J connectivity index is 1.67. The summed E-state index contributed by atoms with van der Waals surface area (Å²) in [5, 5.41) is 6.02. The number of aryl methyl sites for hydroxylation is 1. The Bertz CT molecular complexity index is 617. The van der Waals surface area contributed by atoms with Gasteiger partial charge in [-0.3, -0.25) is 4.79 Å². The fourth-order valence-corrected chi connectivity index (χ4v) is 2.37. The van der Waals surface area contributed by atoms with Gasteiger partial charge in [0.2, 0.25) is 0 Å². The molecule has 1 fully saturated rings. The Hall–Kier alpha value is -1.92. The minimum Gasteiger partial charge on any atom is -0.366 e. The SMILES string of the molecule is Cn1c(CNC(=O)[C@@H]2CNCCO2)nc2ccccc21. The van der Waals surface area contributed by atoms with Gasteiger partial charge in [0.25, 0.3) is 5.91 Å². The van der Waals surface area contributed by atoms with E-state index in [1.165, 1.54) is 0 Å². The molecular weight excluding hydrogens is 256 g/mol. The van der Waals surface area contributed by atoms with Crippen LogP contribution in [0, 0.1) is 0 Å². The van der Waals surface area contributed by atoms with Crippen molar-refractivity contribution in [2.24, 2.45) is 7.05 Å². The summed E-state index contributed by atoms with van der Waals surface area (Å²) in [6, 6.07) is 7.92. The molecule has 6 nitrogen and oxygen atoms in total. The first kappa shape index (κ1) is 13.1. The molecule has 1 aromatic carbocycles. The Kier molecular flexibility index (Phi) is 3.66. The number of benzene rings is 1. The second-order valence-corrected chi connectivity index (χ2v) is 4.86. The second-order valence-electron chi connectivity index (χ2n) is 4.86. The predicted octanol–water partition coefficient (Wildman–Crippen LogP) is 0.178. The largest absolute Gasteiger partial charge is 0.366 e. The Labute approximate surface area is 117 Å². The highest BCUT2D eigenvalue weighted by molar-refractivity contribution is 5.81. The summed E-state index contributed by atoms with van der Waals surface area (Å²) in [5.41, 5.74) is 2.00. The number of nitrogens with one attached hydrogen (secondary N) is 2. The Morgan fingerprint density at radius 1 is 1.55 bits per heavy atom. The highest BCUT2D eigenvalue weighted by Crippen LogP contribution is 2.13. The molecule has 20 heavy (non-hydrogen) atoms. The molecule has 3 rings (SSSR count). The molecule has 6 heteroatoms. The third-order valence-corrected chi connectivity index (χ3v) is 3.52. The number of aromatic nitrogens is 2. The quantitative estimate of drug-likeness (QED) is 0.837. The molecule has 0 saturated carbocycles. The molecule has 0 bridgehead atoms. The van der Waals surface area contributed by atoms with Gasteiger partial charge in [0.05, 0.1) is 24.2 Å². The number of carbonyl (C=O) groups is 1. The van der Waals surface area contributed by atoms with E-state index in [2.05, 4.69) is 15.6 Å². The number of fused-ring (bicyclic) bond motifs is 1. The highest BCUT2D eigenvalue weighted by atomic mass is 16.5. The summed E-state index contributed by atoms with van der Waals surface area (Å²) in [4.78, 5) is 16.5. The molecule has 0 unspecified atom stereocenters. The van der Waals surface area contributed by atoms with Crippen molar-refractivity contribution < 1.29 is 9.53 Å². The van der Waals surface area contributed by atoms with Crippen molar-refractivity contribution in [3.63, 3.8) is 0 Å². The summed E-state index contributed by atoms with van der Waals surface area (Å²) in [6.45, 7) is 2.34. The van der Waals surface area contributed by atoms with Crippen molar-refractivity contribution >= 4 is 16.9 Å². The number of amides is 1. The second kappa shape index (κ2) is 5.60. The van der Waals surface area contributed by atoms with Crippen LogP contribution in [0.2, 0.25) is 0 Å². The lowest BCUT2D eigenvalue weighted by Gasteiger charge is -2.22. The van der Waals surface area contributed by atoms with Gasteiger partial charge in [0, 0.05) is 20.1 Å². The normalized spacial score (nSPS) is 19.1. The van der Waals surface area contributed by atoms with Crippen LogP contribution in [0.15, 0.2) is 24.3 Å². The predicted molar refractivity (Wildman–Crippen MR) is 75.2 cm³/mol. The number of morpholine rings is 1. The first-order valence-corrected chi connectivity index (χ1v) is 6.76. The maximum Gasteiger partial charge on any atom is 0.250 e. The van der Waals surface area contributed by atoms with E-state index < -0.39 is 6.10 Å². The van der Waals surface area contributed by atoms with Crippen molar-refractivity contribution in [1.29, 1.82) is 0 Å². The molecule has 2 N–H and O–H groups in total. The van der Waals surface area contributed by atoms with Crippen molar-refractivity contribution in [1.82, 2.24) is 20.2 Å². The smallest absolute Gasteiger partial charge is 0.250 e. The molecule has 1 saturated heterocycles. The summed E-state index contributed by atoms with van der Waals surface area (Å²) in [7, 11) is 1.95. The molecule has 2 heterocycles. The molecule has 0 spiro atoms. The maximum absolute atomic E-state index is 12.0. The average molecular weight is 274 g/mol. The molecule has 0 radical (unpaired) electrons. The number of rotatable bonds is 3. The van der Waals surface area contributed by atoms with Gasteiger partial charge >= 0.3 is 0 Å². The Morgan fingerprint density at radius 3 is 3.15 bits per heavy atom. The lowest BCUT2D eigenvalue weighted by molar-refractivity contribution is -0.134. The van der Waals surface area contributed by atoms with Crippen LogP contribution in [0.5, 0.6) is 0 Å². The number of hydrogen-bond donors (Lipinski definition) is 2. The van der Waals surface area contributed by atoms with E-state index in [9.17, 15) is 4.79 Å². The van der Waals surface area contributed by atoms with Crippen LogP contribution in [0.1, 0.15) is 5.82 Å². The zero-order valence-corrected chi connectivity index (χ0v) is 11.4. The van der Waals surface area contributed by atoms with Gasteiger partial charge in [0.15, 0.2) is 0 Å². The van der Waals surface area contributed by atoms with Gasteiger partial charge in [-0.15, -0.1) is 0 Å². The average Bonchev–Trinajstić information content (AvgIpc) is 2.83. The number of hydrogen-bond acceptors (Lipinski definition) is 4. The summed E-state index contributed by atoms with van der Waals surface area (Å²) in [6.07, 6.45) is -0.404. The minimum absolute atomic E-state index is 0.0933. The lowest BCUT2D eigenvalue weighted by atomic mass is 10.3. The van der Waals surface area contributed by atoms with Crippen LogP contribution in [0.4, 0.5) is 0 Å². The fourth-order valence-electron chi connectivity index (χ4n) is 2.37. The first-order chi connectivity index (χ1) is 9.75. The van der Waals surface area contributed by atoms with Crippen molar-refractivity contribution in [2.75, 3.05) is 19.7 Å². The van der Waals surface area contributed by atoms with Crippen molar-refractivity contribution in [3.8, 4) is 0 Å². The zero-order chi connectivity index (χ0) is 13.9.